The largest absolute Gasteiger partial charge is 0.352 e. The Bertz CT molecular complexity index is 463. The van der Waals surface area contributed by atoms with E-state index in [1.54, 1.807) is 0 Å². The molecule has 1 fully saturated rings. The maximum absolute atomic E-state index is 12.2. The predicted molar refractivity (Wildman–Crippen MR) is 88.0 cm³/mol. The molecule has 0 aliphatic heterocycles. The van der Waals surface area contributed by atoms with Gasteiger partial charge in [0.2, 0.25) is 5.91 Å². The number of nitrogens with zero attached hydrogens (tertiary/aromatic N) is 1. The van der Waals surface area contributed by atoms with Gasteiger partial charge in [-0.1, -0.05) is 55.3 Å². The summed E-state index contributed by atoms with van der Waals surface area (Å²) >= 11 is 0. The molecule has 1 aromatic rings. The van der Waals surface area contributed by atoms with E-state index < -0.39 is 0 Å². The number of hydrogen-bond donors (Lipinski definition) is 1. The molecule has 2 rings (SSSR count). The third-order valence-electron chi connectivity index (χ3n) is 4.25. The first-order valence-corrected chi connectivity index (χ1v) is 7.89. The summed E-state index contributed by atoms with van der Waals surface area (Å²) in [6.07, 6.45) is 8.96. The van der Waals surface area contributed by atoms with E-state index in [1.165, 1.54) is 18.4 Å². The Labute approximate surface area is 128 Å². The summed E-state index contributed by atoms with van der Waals surface area (Å²) in [5.74, 6) is 0.150. The van der Waals surface area contributed by atoms with Gasteiger partial charge in [0.15, 0.2) is 0 Å². The Morgan fingerprint density at radius 1 is 1.33 bits per heavy atom. The Kier molecular flexibility index (Phi) is 6.00. The van der Waals surface area contributed by atoms with E-state index in [4.69, 9.17) is 0 Å². The van der Waals surface area contributed by atoms with Crippen molar-refractivity contribution < 1.29 is 4.79 Å². The van der Waals surface area contributed by atoms with E-state index >= 15 is 0 Å². The highest BCUT2D eigenvalue weighted by Crippen LogP contribution is 2.17. The van der Waals surface area contributed by atoms with Crippen molar-refractivity contribution in [2.45, 2.75) is 44.7 Å². The number of benzene rings is 1. The van der Waals surface area contributed by atoms with Gasteiger partial charge in [-0.3, -0.25) is 9.69 Å². The van der Waals surface area contributed by atoms with Crippen LogP contribution in [0.15, 0.2) is 36.4 Å². The van der Waals surface area contributed by atoms with Crippen LogP contribution < -0.4 is 5.32 Å². The monoisotopic (exact) mass is 286 g/mol. The quantitative estimate of drug-likeness (QED) is 0.871. The molecule has 1 atom stereocenters. The Morgan fingerprint density at radius 2 is 2.00 bits per heavy atom. The number of nitrogens with one attached hydrogen (secondary N) is 1. The van der Waals surface area contributed by atoms with Gasteiger partial charge in [0.25, 0.3) is 0 Å². The first-order valence-electron chi connectivity index (χ1n) is 7.89. The van der Waals surface area contributed by atoms with E-state index in [0.29, 0.717) is 6.04 Å². The van der Waals surface area contributed by atoms with Crippen molar-refractivity contribution in [1.29, 1.82) is 0 Å². The van der Waals surface area contributed by atoms with Crippen molar-refractivity contribution in [1.82, 2.24) is 10.2 Å². The van der Waals surface area contributed by atoms with Gasteiger partial charge in [-0.2, -0.15) is 0 Å². The molecule has 3 nitrogen and oxygen atoms in total. The highest BCUT2D eigenvalue weighted by Gasteiger charge is 2.22. The van der Waals surface area contributed by atoms with E-state index in [0.717, 1.165) is 19.4 Å². The van der Waals surface area contributed by atoms with Crippen LogP contribution in [-0.4, -0.2) is 36.5 Å². The maximum atomic E-state index is 12.2. The molecular weight excluding hydrogens is 260 g/mol. The molecule has 1 N–H and O–H groups in total. The second kappa shape index (κ2) is 7.99. The second-order valence-electron chi connectivity index (χ2n) is 5.92. The fraction of sp³-hybridized carbons (Fsp3) is 0.500. The molecule has 1 aromatic carbocycles. The molecule has 3 heteroatoms. The maximum Gasteiger partial charge on any atom is 0.237 e. The summed E-state index contributed by atoms with van der Waals surface area (Å²) in [7, 11) is 1.99. The lowest BCUT2D eigenvalue weighted by atomic mass is 10.2. The van der Waals surface area contributed by atoms with Gasteiger partial charge in [0.05, 0.1) is 6.04 Å². The average molecular weight is 286 g/mol. The van der Waals surface area contributed by atoms with Crippen LogP contribution in [0.4, 0.5) is 0 Å². The predicted octanol–water partition coefficient (Wildman–Crippen LogP) is 3.08. The van der Waals surface area contributed by atoms with Crippen molar-refractivity contribution in [2.24, 2.45) is 0 Å². The summed E-state index contributed by atoms with van der Waals surface area (Å²) in [4.78, 5) is 14.3. The zero-order chi connectivity index (χ0) is 15.1. The van der Waals surface area contributed by atoms with Gasteiger partial charge in [0, 0.05) is 12.6 Å². The van der Waals surface area contributed by atoms with Crippen LogP contribution in [0.3, 0.4) is 0 Å². The molecule has 1 aliphatic rings. The molecule has 0 heterocycles. The van der Waals surface area contributed by atoms with Crippen LogP contribution in [0.5, 0.6) is 0 Å². The molecule has 0 spiro atoms. The number of likely N-dealkylation sites (N-methyl/N-ethyl adjacent to an activating group) is 1. The van der Waals surface area contributed by atoms with Crippen LogP contribution in [0.25, 0.3) is 6.08 Å². The van der Waals surface area contributed by atoms with Crippen molar-refractivity contribution in [3.8, 4) is 0 Å². The normalized spacial score (nSPS) is 17.5. The fourth-order valence-electron chi connectivity index (χ4n) is 2.67. The van der Waals surface area contributed by atoms with Gasteiger partial charge in [-0.15, -0.1) is 0 Å². The number of amides is 1. The van der Waals surface area contributed by atoms with Crippen molar-refractivity contribution >= 4 is 12.0 Å². The van der Waals surface area contributed by atoms with Crippen LogP contribution in [-0.2, 0) is 4.79 Å². The van der Waals surface area contributed by atoms with E-state index in [1.807, 2.05) is 32.2 Å². The zero-order valence-corrected chi connectivity index (χ0v) is 13.1. The van der Waals surface area contributed by atoms with Crippen molar-refractivity contribution in [3.63, 3.8) is 0 Å². The molecule has 0 radical (unpaired) electrons. The molecule has 0 saturated heterocycles. The van der Waals surface area contributed by atoms with Gasteiger partial charge in [-0.05, 0) is 32.4 Å². The van der Waals surface area contributed by atoms with Gasteiger partial charge in [-0.25, -0.2) is 0 Å². The average Bonchev–Trinajstić information content (AvgIpc) is 3.00. The van der Waals surface area contributed by atoms with E-state index in [2.05, 4.69) is 34.5 Å². The Balaban J connectivity index is 1.77. The highest BCUT2D eigenvalue weighted by atomic mass is 16.2. The number of rotatable bonds is 6. The minimum absolute atomic E-state index is 0.0916. The summed E-state index contributed by atoms with van der Waals surface area (Å²) in [5.41, 5.74) is 1.19. The minimum Gasteiger partial charge on any atom is -0.352 e. The second-order valence-corrected chi connectivity index (χ2v) is 5.92. The lowest BCUT2D eigenvalue weighted by molar-refractivity contribution is -0.125. The molecule has 114 valence electrons. The topological polar surface area (TPSA) is 32.3 Å². The van der Waals surface area contributed by atoms with Gasteiger partial charge in [0.1, 0.15) is 0 Å². The molecule has 0 bridgehead atoms. The van der Waals surface area contributed by atoms with Gasteiger partial charge >= 0.3 is 0 Å². The van der Waals surface area contributed by atoms with Gasteiger partial charge < -0.3 is 5.32 Å². The lowest BCUT2D eigenvalue weighted by Gasteiger charge is -2.24. The molecule has 0 aromatic heterocycles. The van der Waals surface area contributed by atoms with Crippen molar-refractivity contribution in [3.05, 3.63) is 42.0 Å². The number of carbonyl (C=O) groups is 1. The standard InChI is InChI=1S/C18H26N2O/c1-15(18(21)19-17-12-6-7-13-17)20(2)14-8-11-16-9-4-3-5-10-16/h3-5,8-11,15,17H,6-7,12-14H2,1-2H3,(H,19,21). The summed E-state index contributed by atoms with van der Waals surface area (Å²) in [5, 5.41) is 3.16. The first kappa shape index (κ1) is 15.8. The van der Waals surface area contributed by atoms with Crippen LogP contribution in [0.1, 0.15) is 38.2 Å². The van der Waals surface area contributed by atoms with E-state index in [-0.39, 0.29) is 11.9 Å². The van der Waals surface area contributed by atoms with Crippen molar-refractivity contribution in [2.75, 3.05) is 13.6 Å². The summed E-state index contributed by atoms with van der Waals surface area (Å²) < 4.78 is 0. The number of hydrogen-bond acceptors (Lipinski definition) is 2. The van der Waals surface area contributed by atoms with E-state index in [9.17, 15) is 4.79 Å². The minimum atomic E-state index is -0.0916. The van der Waals surface area contributed by atoms with Crippen LogP contribution in [0, 0.1) is 0 Å². The molecule has 21 heavy (non-hydrogen) atoms. The molecule has 1 amide bonds. The smallest absolute Gasteiger partial charge is 0.237 e. The highest BCUT2D eigenvalue weighted by molar-refractivity contribution is 5.81. The third kappa shape index (κ3) is 5.01. The van der Waals surface area contributed by atoms with Crippen LogP contribution >= 0.6 is 0 Å². The SMILES string of the molecule is CC(C(=O)NC1CCCC1)N(C)CC=Cc1ccccc1. The number of carbonyl (C=O) groups excluding carboxylic acids is 1. The third-order valence-corrected chi connectivity index (χ3v) is 4.25. The molecule has 1 aliphatic carbocycles. The first-order chi connectivity index (χ1) is 10.2. The molecular formula is C18H26N2O. The van der Waals surface area contributed by atoms with Crippen LogP contribution in [0.2, 0.25) is 0 Å². The lowest BCUT2D eigenvalue weighted by Crippen LogP contribution is -2.46. The summed E-state index contributed by atoms with van der Waals surface area (Å²) in [6.45, 7) is 2.74. The Morgan fingerprint density at radius 3 is 2.67 bits per heavy atom. The fourth-order valence-corrected chi connectivity index (χ4v) is 2.67. The Hall–Kier alpha value is -1.61. The zero-order valence-electron chi connectivity index (χ0n) is 13.1. The molecule has 1 saturated carbocycles. The summed E-state index contributed by atoms with van der Waals surface area (Å²) in [6, 6.07) is 10.5. The molecule has 1 unspecified atom stereocenters.